The van der Waals surface area contributed by atoms with Crippen LogP contribution in [-0.4, -0.2) is 27.4 Å². The van der Waals surface area contributed by atoms with Crippen LogP contribution >= 0.6 is 11.3 Å². The van der Waals surface area contributed by atoms with Crippen LogP contribution in [0.15, 0.2) is 64.9 Å². The summed E-state index contributed by atoms with van der Waals surface area (Å²) in [6.45, 7) is 0.622. The fourth-order valence-electron chi connectivity index (χ4n) is 2.59. The maximum Gasteiger partial charge on any atom is 0.240 e. The topological polar surface area (TPSA) is 75.3 Å². The number of carbonyl (C=O) groups excluding carboxylic acids is 1. The Morgan fingerprint density at radius 2 is 1.77 bits per heavy atom. The average Bonchev–Trinajstić information content (AvgIpc) is 3.14. The van der Waals surface area contributed by atoms with Crippen molar-refractivity contribution >= 4 is 38.0 Å². The summed E-state index contributed by atoms with van der Waals surface area (Å²) in [6, 6.07) is 16.6. The highest BCUT2D eigenvalue weighted by molar-refractivity contribution is 7.89. The number of sulfonamides is 1. The van der Waals surface area contributed by atoms with E-state index in [1.165, 1.54) is 4.88 Å². The molecule has 0 aliphatic rings. The van der Waals surface area contributed by atoms with Crippen LogP contribution in [0.4, 0.5) is 0 Å². The molecule has 26 heavy (non-hydrogen) atoms. The van der Waals surface area contributed by atoms with Gasteiger partial charge in [-0.05, 0) is 40.8 Å². The summed E-state index contributed by atoms with van der Waals surface area (Å²) in [6.07, 6.45) is 0.892. The predicted molar refractivity (Wildman–Crippen MR) is 105 cm³/mol. The Morgan fingerprint density at radius 1 is 0.962 bits per heavy atom. The van der Waals surface area contributed by atoms with Crippen molar-refractivity contribution in [3.8, 4) is 0 Å². The Kier molecular flexibility index (Phi) is 6.03. The fraction of sp³-hybridized carbons (Fsp3) is 0.211. The summed E-state index contributed by atoms with van der Waals surface area (Å²) in [5, 5.41) is 6.65. The minimum Gasteiger partial charge on any atom is -0.356 e. The van der Waals surface area contributed by atoms with Crippen LogP contribution < -0.4 is 10.0 Å². The molecular weight excluding hydrogens is 368 g/mol. The summed E-state index contributed by atoms with van der Waals surface area (Å²) in [5.41, 5.74) is 0. The average molecular weight is 389 g/mol. The van der Waals surface area contributed by atoms with Crippen molar-refractivity contribution in [3.63, 3.8) is 0 Å². The molecule has 7 heteroatoms. The van der Waals surface area contributed by atoms with Gasteiger partial charge in [0.2, 0.25) is 15.9 Å². The molecule has 136 valence electrons. The SMILES string of the molecule is O=C(CCNS(=O)(=O)c1ccc2ccccc2c1)NCCc1cccs1. The smallest absolute Gasteiger partial charge is 0.240 e. The maximum absolute atomic E-state index is 12.4. The van der Waals surface area contributed by atoms with Gasteiger partial charge in [0.25, 0.3) is 0 Å². The van der Waals surface area contributed by atoms with Crippen LogP contribution in [-0.2, 0) is 21.2 Å². The van der Waals surface area contributed by atoms with E-state index in [1.807, 2.05) is 41.8 Å². The third-order valence-corrected chi connectivity index (χ3v) is 6.34. The number of fused-ring (bicyclic) bond motifs is 1. The summed E-state index contributed by atoms with van der Waals surface area (Å²) >= 11 is 1.65. The van der Waals surface area contributed by atoms with Crippen LogP contribution in [0.3, 0.4) is 0 Å². The summed E-state index contributed by atoms with van der Waals surface area (Å²) < 4.78 is 27.3. The van der Waals surface area contributed by atoms with Crippen LogP contribution in [0.5, 0.6) is 0 Å². The van der Waals surface area contributed by atoms with Gasteiger partial charge in [0.15, 0.2) is 0 Å². The summed E-state index contributed by atoms with van der Waals surface area (Å²) in [5.74, 6) is -0.164. The molecule has 0 aliphatic heterocycles. The zero-order valence-corrected chi connectivity index (χ0v) is 15.8. The molecule has 0 aliphatic carbocycles. The van der Waals surface area contributed by atoms with E-state index >= 15 is 0 Å². The second-order valence-corrected chi connectivity index (χ2v) is 8.64. The Bertz CT molecular complexity index is 983. The van der Waals surface area contributed by atoms with Gasteiger partial charge < -0.3 is 5.32 Å². The molecule has 2 N–H and O–H groups in total. The number of rotatable bonds is 8. The van der Waals surface area contributed by atoms with Gasteiger partial charge in [0.1, 0.15) is 0 Å². The van der Waals surface area contributed by atoms with Crippen molar-refractivity contribution in [2.24, 2.45) is 0 Å². The van der Waals surface area contributed by atoms with E-state index in [4.69, 9.17) is 0 Å². The molecule has 0 radical (unpaired) electrons. The minimum atomic E-state index is -3.63. The zero-order chi connectivity index (χ0) is 18.4. The lowest BCUT2D eigenvalue weighted by Crippen LogP contribution is -2.31. The third kappa shape index (κ3) is 4.91. The summed E-state index contributed by atoms with van der Waals surface area (Å²) in [7, 11) is -3.63. The van der Waals surface area contributed by atoms with Crippen molar-refractivity contribution in [1.82, 2.24) is 10.0 Å². The van der Waals surface area contributed by atoms with Crippen molar-refractivity contribution in [1.29, 1.82) is 0 Å². The predicted octanol–water partition coefficient (Wildman–Crippen LogP) is 2.93. The first kappa shape index (κ1) is 18.6. The molecule has 0 unspecified atom stereocenters. The molecule has 0 saturated carbocycles. The van der Waals surface area contributed by atoms with E-state index < -0.39 is 10.0 Å². The first-order valence-electron chi connectivity index (χ1n) is 8.32. The Morgan fingerprint density at radius 3 is 2.54 bits per heavy atom. The third-order valence-electron chi connectivity index (χ3n) is 3.95. The highest BCUT2D eigenvalue weighted by atomic mass is 32.2. The monoisotopic (exact) mass is 388 g/mol. The van der Waals surface area contributed by atoms with E-state index in [-0.39, 0.29) is 23.8 Å². The van der Waals surface area contributed by atoms with Crippen molar-refractivity contribution < 1.29 is 13.2 Å². The van der Waals surface area contributed by atoms with E-state index in [1.54, 1.807) is 29.5 Å². The lowest BCUT2D eigenvalue weighted by atomic mass is 10.1. The molecule has 5 nitrogen and oxygen atoms in total. The van der Waals surface area contributed by atoms with E-state index in [0.29, 0.717) is 6.54 Å². The molecule has 2 aromatic carbocycles. The second-order valence-electron chi connectivity index (χ2n) is 5.84. The van der Waals surface area contributed by atoms with E-state index in [9.17, 15) is 13.2 Å². The molecule has 3 rings (SSSR count). The van der Waals surface area contributed by atoms with Gasteiger partial charge in [0, 0.05) is 24.4 Å². The zero-order valence-electron chi connectivity index (χ0n) is 14.1. The Hall–Kier alpha value is -2.22. The van der Waals surface area contributed by atoms with Crippen molar-refractivity contribution in [2.45, 2.75) is 17.7 Å². The number of amides is 1. The van der Waals surface area contributed by atoms with Crippen molar-refractivity contribution in [2.75, 3.05) is 13.1 Å². The number of nitrogens with one attached hydrogen (secondary N) is 2. The summed E-state index contributed by atoms with van der Waals surface area (Å²) in [4.78, 5) is 13.2. The van der Waals surface area contributed by atoms with Crippen molar-refractivity contribution in [3.05, 3.63) is 64.9 Å². The molecule has 1 aromatic heterocycles. The molecule has 1 amide bonds. The number of hydrogen-bond acceptors (Lipinski definition) is 4. The standard InChI is InChI=1S/C19H20N2O3S2/c22-19(20-11-9-17-6-3-13-25-17)10-12-21-26(23,24)18-8-7-15-4-1-2-5-16(15)14-18/h1-8,13-14,21H,9-12H2,(H,20,22). The molecule has 0 fully saturated rings. The molecule has 0 bridgehead atoms. The maximum atomic E-state index is 12.4. The number of benzene rings is 2. The molecule has 0 saturated heterocycles. The molecule has 1 heterocycles. The molecular formula is C19H20N2O3S2. The quantitative estimate of drug-likeness (QED) is 0.623. The van der Waals surface area contributed by atoms with Crippen LogP contribution in [0.1, 0.15) is 11.3 Å². The van der Waals surface area contributed by atoms with Crippen LogP contribution in [0, 0.1) is 0 Å². The second kappa shape index (κ2) is 8.44. The van der Waals surface area contributed by atoms with Gasteiger partial charge in [-0.2, -0.15) is 0 Å². The first-order valence-corrected chi connectivity index (χ1v) is 10.7. The van der Waals surface area contributed by atoms with Gasteiger partial charge in [-0.1, -0.05) is 36.4 Å². The van der Waals surface area contributed by atoms with Gasteiger partial charge in [-0.15, -0.1) is 11.3 Å². The van der Waals surface area contributed by atoms with E-state index in [2.05, 4.69) is 10.0 Å². The van der Waals surface area contributed by atoms with Crippen LogP contribution in [0.2, 0.25) is 0 Å². The number of hydrogen-bond donors (Lipinski definition) is 2. The normalized spacial score (nSPS) is 11.5. The fourth-order valence-corrected chi connectivity index (χ4v) is 4.36. The number of thiophene rings is 1. The van der Waals surface area contributed by atoms with Crippen LogP contribution in [0.25, 0.3) is 10.8 Å². The lowest BCUT2D eigenvalue weighted by molar-refractivity contribution is -0.120. The minimum absolute atomic E-state index is 0.0694. The molecule has 0 spiro atoms. The molecule has 3 aromatic rings. The highest BCUT2D eigenvalue weighted by Crippen LogP contribution is 2.18. The van der Waals surface area contributed by atoms with E-state index in [0.717, 1.165) is 17.2 Å². The van der Waals surface area contributed by atoms with Gasteiger partial charge in [-0.3, -0.25) is 4.79 Å². The molecule has 0 atom stereocenters. The van der Waals surface area contributed by atoms with Gasteiger partial charge >= 0.3 is 0 Å². The first-order chi connectivity index (χ1) is 12.5. The highest BCUT2D eigenvalue weighted by Gasteiger charge is 2.14. The Balaban J connectivity index is 1.48. The van der Waals surface area contributed by atoms with Gasteiger partial charge in [-0.25, -0.2) is 13.1 Å². The lowest BCUT2D eigenvalue weighted by Gasteiger charge is -2.08. The van der Waals surface area contributed by atoms with Gasteiger partial charge in [0.05, 0.1) is 4.90 Å². The largest absolute Gasteiger partial charge is 0.356 e. The Labute approximate surface area is 157 Å². The number of carbonyl (C=O) groups is 1.